The van der Waals surface area contributed by atoms with Crippen LogP contribution in [0.15, 0.2) is 24.3 Å². The lowest BCUT2D eigenvalue weighted by Gasteiger charge is -2.30. The smallest absolute Gasteiger partial charge is 0.0891 e. The monoisotopic (exact) mass is 220 g/mol. The second-order valence-corrected chi connectivity index (χ2v) is 6.13. The molecule has 0 heterocycles. The first-order valence-corrected chi connectivity index (χ1v) is 5.99. The van der Waals surface area contributed by atoms with Gasteiger partial charge in [0.1, 0.15) is 0 Å². The number of benzene rings is 1. The average molecular weight is 220 g/mol. The molecule has 0 amide bonds. The molecule has 1 unspecified atom stereocenters. The van der Waals surface area contributed by atoms with Crippen molar-refractivity contribution in [1.29, 1.82) is 0 Å². The molecular formula is C15H24O. The highest BCUT2D eigenvalue weighted by Crippen LogP contribution is 2.32. The lowest BCUT2D eigenvalue weighted by molar-refractivity contribution is 0.00894. The van der Waals surface area contributed by atoms with Crippen LogP contribution in [-0.2, 0) is 11.0 Å². The van der Waals surface area contributed by atoms with Crippen molar-refractivity contribution in [3.05, 3.63) is 35.4 Å². The molecule has 0 aliphatic carbocycles. The number of hydrogen-bond acceptors (Lipinski definition) is 1. The van der Waals surface area contributed by atoms with Gasteiger partial charge in [-0.15, -0.1) is 0 Å². The first-order valence-electron chi connectivity index (χ1n) is 5.99. The third kappa shape index (κ3) is 2.65. The van der Waals surface area contributed by atoms with Crippen LogP contribution in [0.2, 0.25) is 0 Å². The van der Waals surface area contributed by atoms with Crippen LogP contribution < -0.4 is 0 Å². The van der Waals surface area contributed by atoms with Crippen LogP contribution in [-0.4, -0.2) is 5.11 Å². The van der Waals surface area contributed by atoms with Crippen LogP contribution in [0.1, 0.15) is 52.7 Å². The normalized spacial score (nSPS) is 16.2. The summed E-state index contributed by atoms with van der Waals surface area (Å²) in [5, 5.41) is 10.5. The summed E-state index contributed by atoms with van der Waals surface area (Å²) < 4.78 is 0. The maximum atomic E-state index is 10.5. The van der Waals surface area contributed by atoms with Crippen LogP contribution in [0.4, 0.5) is 0 Å². The second kappa shape index (κ2) is 4.21. The second-order valence-electron chi connectivity index (χ2n) is 6.13. The zero-order valence-corrected chi connectivity index (χ0v) is 11.3. The van der Waals surface area contributed by atoms with E-state index in [9.17, 15) is 5.11 Å². The standard InChI is InChI=1S/C15H24O/c1-11(2)15(6,16)13-9-7-8-12(10-13)14(3,4)5/h7-11,16H,1-6H3. The third-order valence-corrected chi connectivity index (χ3v) is 3.44. The van der Waals surface area contributed by atoms with Crippen molar-refractivity contribution in [1.82, 2.24) is 0 Å². The first kappa shape index (κ1) is 13.2. The van der Waals surface area contributed by atoms with E-state index in [2.05, 4.69) is 32.9 Å². The molecule has 0 fully saturated rings. The maximum absolute atomic E-state index is 10.5. The van der Waals surface area contributed by atoms with Crippen LogP contribution >= 0.6 is 0 Å². The summed E-state index contributed by atoms with van der Waals surface area (Å²) in [6, 6.07) is 8.29. The lowest BCUT2D eigenvalue weighted by atomic mass is 9.80. The molecule has 1 atom stereocenters. The lowest BCUT2D eigenvalue weighted by Crippen LogP contribution is -2.28. The van der Waals surface area contributed by atoms with Gasteiger partial charge in [-0.2, -0.15) is 0 Å². The quantitative estimate of drug-likeness (QED) is 0.802. The fourth-order valence-electron chi connectivity index (χ4n) is 1.63. The van der Waals surface area contributed by atoms with E-state index < -0.39 is 5.60 Å². The SMILES string of the molecule is CC(C)C(C)(O)c1cccc(C(C)(C)C)c1. The molecule has 1 rings (SSSR count). The Bertz CT molecular complexity index is 356. The summed E-state index contributed by atoms with van der Waals surface area (Å²) in [4.78, 5) is 0. The van der Waals surface area contributed by atoms with Gasteiger partial charge in [-0.25, -0.2) is 0 Å². The molecule has 1 nitrogen and oxygen atoms in total. The summed E-state index contributed by atoms with van der Waals surface area (Å²) in [6.07, 6.45) is 0. The fourth-order valence-corrected chi connectivity index (χ4v) is 1.63. The van der Waals surface area contributed by atoms with E-state index in [1.54, 1.807) is 0 Å². The zero-order chi connectivity index (χ0) is 12.6. The van der Waals surface area contributed by atoms with Crippen LogP contribution in [0.3, 0.4) is 0 Å². The molecule has 0 saturated carbocycles. The predicted molar refractivity (Wildman–Crippen MR) is 69.6 cm³/mol. The van der Waals surface area contributed by atoms with Crippen LogP contribution in [0.5, 0.6) is 0 Å². The van der Waals surface area contributed by atoms with Gasteiger partial charge in [0.25, 0.3) is 0 Å². The van der Waals surface area contributed by atoms with Gasteiger partial charge >= 0.3 is 0 Å². The summed E-state index contributed by atoms with van der Waals surface area (Å²) in [5.41, 5.74) is 1.66. The van der Waals surface area contributed by atoms with Crippen molar-refractivity contribution < 1.29 is 5.11 Å². The van der Waals surface area contributed by atoms with Gasteiger partial charge in [0, 0.05) is 0 Å². The molecule has 0 aliphatic heterocycles. The van der Waals surface area contributed by atoms with Gasteiger partial charge in [-0.05, 0) is 29.4 Å². The number of aliphatic hydroxyl groups is 1. The molecule has 1 aromatic carbocycles. The van der Waals surface area contributed by atoms with Crippen LogP contribution in [0.25, 0.3) is 0 Å². The van der Waals surface area contributed by atoms with E-state index in [1.807, 2.05) is 32.9 Å². The van der Waals surface area contributed by atoms with Crippen molar-refractivity contribution in [3.8, 4) is 0 Å². The Hall–Kier alpha value is -0.820. The molecular weight excluding hydrogens is 196 g/mol. The van der Waals surface area contributed by atoms with Gasteiger partial charge < -0.3 is 5.11 Å². The average Bonchev–Trinajstić information content (AvgIpc) is 2.16. The maximum Gasteiger partial charge on any atom is 0.0891 e. The van der Waals surface area contributed by atoms with Crippen molar-refractivity contribution in [2.75, 3.05) is 0 Å². The Morgan fingerprint density at radius 2 is 1.50 bits per heavy atom. The number of rotatable bonds is 2. The predicted octanol–water partition coefficient (Wildman–Crippen LogP) is 3.85. The van der Waals surface area contributed by atoms with E-state index in [0.717, 1.165) is 5.56 Å². The van der Waals surface area contributed by atoms with E-state index in [0.29, 0.717) is 0 Å². The molecule has 16 heavy (non-hydrogen) atoms. The summed E-state index contributed by atoms with van der Waals surface area (Å²) >= 11 is 0. The minimum absolute atomic E-state index is 0.128. The van der Waals surface area contributed by atoms with Crippen molar-refractivity contribution in [2.24, 2.45) is 5.92 Å². The highest BCUT2D eigenvalue weighted by atomic mass is 16.3. The van der Waals surface area contributed by atoms with Gasteiger partial charge in [0.2, 0.25) is 0 Å². The van der Waals surface area contributed by atoms with Gasteiger partial charge in [0.05, 0.1) is 5.60 Å². The van der Waals surface area contributed by atoms with E-state index in [4.69, 9.17) is 0 Å². The molecule has 1 heteroatoms. The fraction of sp³-hybridized carbons (Fsp3) is 0.600. The molecule has 0 aliphatic rings. The molecule has 0 aromatic heterocycles. The van der Waals surface area contributed by atoms with Crippen molar-refractivity contribution in [2.45, 2.75) is 52.6 Å². The van der Waals surface area contributed by atoms with Crippen molar-refractivity contribution >= 4 is 0 Å². The molecule has 0 spiro atoms. The third-order valence-electron chi connectivity index (χ3n) is 3.44. The van der Waals surface area contributed by atoms with Crippen LogP contribution in [0, 0.1) is 5.92 Å². The zero-order valence-electron chi connectivity index (χ0n) is 11.3. The van der Waals surface area contributed by atoms with Gasteiger partial charge in [-0.3, -0.25) is 0 Å². The molecule has 90 valence electrons. The Morgan fingerprint density at radius 1 is 1.00 bits per heavy atom. The van der Waals surface area contributed by atoms with Gasteiger partial charge in [-0.1, -0.05) is 58.9 Å². The summed E-state index contributed by atoms with van der Waals surface area (Å²) in [7, 11) is 0. The summed E-state index contributed by atoms with van der Waals surface area (Å²) in [6.45, 7) is 12.6. The highest BCUT2D eigenvalue weighted by molar-refractivity contribution is 5.32. The Balaban J connectivity index is 3.18. The first-order chi connectivity index (χ1) is 7.15. The van der Waals surface area contributed by atoms with E-state index in [-0.39, 0.29) is 11.3 Å². The molecule has 0 radical (unpaired) electrons. The largest absolute Gasteiger partial charge is 0.385 e. The minimum Gasteiger partial charge on any atom is -0.385 e. The molecule has 0 bridgehead atoms. The van der Waals surface area contributed by atoms with Crippen molar-refractivity contribution in [3.63, 3.8) is 0 Å². The van der Waals surface area contributed by atoms with E-state index >= 15 is 0 Å². The van der Waals surface area contributed by atoms with E-state index in [1.165, 1.54) is 5.56 Å². The molecule has 0 saturated heterocycles. The Labute approximate surface area is 99.5 Å². The highest BCUT2D eigenvalue weighted by Gasteiger charge is 2.28. The number of hydrogen-bond donors (Lipinski definition) is 1. The minimum atomic E-state index is -0.749. The Kier molecular flexibility index (Phi) is 3.49. The van der Waals surface area contributed by atoms with Gasteiger partial charge in [0.15, 0.2) is 0 Å². The topological polar surface area (TPSA) is 20.2 Å². The summed E-state index contributed by atoms with van der Waals surface area (Å²) in [5.74, 6) is 0.211. The molecule has 1 aromatic rings. The Morgan fingerprint density at radius 3 is 1.94 bits per heavy atom. The molecule has 1 N–H and O–H groups in total.